The average Bonchev–Trinajstić information content (AvgIpc) is 3.17. The van der Waals surface area contributed by atoms with Crippen molar-refractivity contribution in [3.63, 3.8) is 0 Å². The van der Waals surface area contributed by atoms with Crippen molar-refractivity contribution in [2.45, 2.75) is 6.92 Å². The molecule has 0 saturated heterocycles. The summed E-state index contributed by atoms with van der Waals surface area (Å²) < 4.78 is 22.3. The van der Waals surface area contributed by atoms with Crippen molar-refractivity contribution >= 4 is 11.7 Å². The van der Waals surface area contributed by atoms with Crippen LogP contribution < -0.4 is 5.73 Å². The van der Waals surface area contributed by atoms with Gasteiger partial charge in [-0.2, -0.15) is 5.26 Å². The summed E-state index contributed by atoms with van der Waals surface area (Å²) in [7, 11) is 1.21. The first-order valence-electron chi connectivity index (χ1n) is 7.27. The second-order valence-electron chi connectivity index (χ2n) is 5.26. The van der Waals surface area contributed by atoms with E-state index in [2.05, 4.69) is 4.98 Å². The van der Waals surface area contributed by atoms with Gasteiger partial charge in [0.25, 0.3) is 0 Å². The van der Waals surface area contributed by atoms with Crippen LogP contribution in [0.1, 0.15) is 21.9 Å². The van der Waals surface area contributed by atoms with Gasteiger partial charge in [0.15, 0.2) is 5.69 Å². The number of imidazole rings is 1. The van der Waals surface area contributed by atoms with Gasteiger partial charge in [0.05, 0.1) is 24.0 Å². The van der Waals surface area contributed by atoms with Gasteiger partial charge in [-0.15, -0.1) is 0 Å². The number of hydrogen-bond acceptors (Lipinski definition) is 5. The molecule has 0 amide bonds. The Hall–Kier alpha value is -3.60. The number of anilines is 1. The van der Waals surface area contributed by atoms with Crippen molar-refractivity contribution in [3.05, 3.63) is 59.7 Å². The molecule has 0 atom stereocenters. The van der Waals surface area contributed by atoms with Gasteiger partial charge in [0.1, 0.15) is 17.7 Å². The molecule has 2 aromatic heterocycles. The summed E-state index contributed by atoms with van der Waals surface area (Å²) in [5.41, 5.74) is 6.58. The van der Waals surface area contributed by atoms with E-state index >= 15 is 0 Å². The molecule has 0 bridgehead atoms. The molecule has 2 N–H and O–H groups in total. The minimum absolute atomic E-state index is 0.00992. The lowest BCUT2D eigenvalue weighted by molar-refractivity contribution is 0.0593. The maximum atomic E-state index is 14.6. The molecule has 3 rings (SSSR count). The lowest BCUT2D eigenvalue weighted by Crippen LogP contribution is -2.11. The van der Waals surface area contributed by atoms with E-state index in [9.17, 15) is 9.18 Å². The molecule has 0 aliphatic carbocycles. The summed E-state index contributed by atoms with van der Waals surface area (Å²) in [5, 5.41) is 9.13. The molecule has 126 valence electrons. The number of nitriles is 1. The average molecular weight is 339 g/mol. The number of carbonyl (C=O) groups is 1. The highest BCUT2D eigenvalue weighted by atomic mass is 19.1. The van der Waals surface area contributed by atoms with Crippen molar-refractivity contribution in [2.75, 3.05) is 12.8 Å². The van der Waals surface area contributed by atoms with Crippen LogP contribution in [0.5, 0.6) is 0 Å². The summed E-state index contributed by atoms with van der Waals surface area (Å²) in [6.07, 6.45) is 4.59. The fraction of sp³-hybridized carbons (Fsp3) is 0.118. The van der Waals surface area contributed by atoms with Gasteiger partial charge in [0.2, 0.25) is 0 Å². The normalized spacial score (nSPS) is 10.5. The van der Waals surface area contributed by atoms with Gasteiger partial charge >= 0.3 is 5.97 Å². The van der Waals surface area contributed by atoms with Crippen LogP contribution in [0.4, 0.5) is 10.1 Å². The fourth-order valence-corrected chi connectivity index (χ4v) is 2.59. The maximum Gasteiger partial charge on any atom is 0.357 e. The molecular weight excluding hydrogens is 325 g/mol. The van der Waals surface area contributed by atoms with Gasteiger partial charge < -0.3 is 19.6 Å². The zero-order chi connectivity index (χ0) is 18.1. The minimum atomic E-state index is -0.714. The molecule has 7 nitrogen and oxygen atoms in total. The number of methoxy groups -OCH3 is 1. The quantitative estimate of drug-likeness (QED) is 0.739. The molecule has 1 aromatic carbocycles. The summed E-state index contributed by atoms with van der Waals surface area (Å²) in [4.78, 5) is 16.1. The molecule has 8 heteroatoms. The smallest absolute Gasteiger partial charge is 0.357 e. The summed E-state index contributed by atoms with van der Waals surface area (Å²) in [5.74, 6) is -0.590. The predicted molar refractivity (Wildman–Crippen MR) is 88.1 cm³/mol. The molecule has 25 heavy (non-hydrogen) atoms. The third kappa shape index (κ3) is 2.61. The van der Waals surface area contributed by atoms with Crippen LogP contribution in [0.2, 0.25) is 0 Å². The Kier molecular flexibility index (Phi) is 3.99. The first kappa shape index (κ1) is 16.3. The number of halogens is 1. The molecule has 0 unspecified atom stereocenters. The van der Waals surface area contributed by atoms with E-state index in [1.165, 1.54) is 23.9 Å². The first-order chi connectivity index (χ1) is 12.0. The lowest BCUT2D eigenvalue weighted by Gasteiger charge is -2.11. The van der Waals surface area contributed by atoms with E-state index in [1.807, 2.05) is 6.07 Å². The highest BCUT2D eigenvalue weighted by Gasteiger charge is 2.22. The Morgan fingerprint density at radius 3 is 2.72 bits per heavy atom. The molecule has 3 aromatic rings. The van der Waals surface area contributed by atoms with Crippen LogP contribution in [0.25, 0.3) is 11.4 Å². The SMILES string of the molecule is COC(=O)c1c(N)c(C#N)cn1-c1ccc(-n2ccnc2C)c(F)c1. The van der Waals surface area contributed by atoms with Crippen LogP contribution in [0.15, 0.2) is 36.8 Å². The van der Waals surface area contributed by atoms with Crippen LogP contribution in [0, 0.1) is 24.1 Å². The number of nitrogen functional groups attached to an aromatic ring is 1. The van der Waals surface area contributed by atoms with Gasteiger partial charge in [-0.1, -0.05) is 0 Å². The Morgan fingerprint density at radius 2 is 2.16 bits per heavy atom. The number of aromatic nitrogens is 3. The molecule has 0 radical (unpaired) electrons. The second kappa shape index (κ2) is 6.13. The summed E-state index contributed by atoms with van der Waals surface area (Å²) >= 11 is 0. The van der Waals surface area contributed by atoms with E-state index in [0.717, 1.165) is 0 Å². The molecule has 0 saturated carbocycles. The molecule has 0 spiro atoms. The lowest BCUT2D eigenvalue weighted by atomic mass is 10.2. The Bertz CT molecular complexity index is 1010. The van der Waals surface area contributed by atoms with Crippen LogP contribution in [0.3, 0.4) is 0 Å². The molecule has 0 fully saturated rings. The van der Waals surface area contributed by atoms with Gasteiger partial charge in [0, 0.05) is 30.3 Å². The monoisotopic (exact) mass is 339 g/mol. The number of rotatable bonds is 3. The largest absolute Gasteiger partial charge is 0.464 e. The zero-order valence-electron chi connectivity index (χ0n) is 13.5. The molecule has 0 aliphatic rings. The fourth-order valence-electron chi connectivity index (χ4n) is 2.59. The molecular formula is C17H14FN5O2. The van der Waals surface area contributed by atoms with Gasteiger partial charge in [-0.3, -0.25) is 0 Å². The maximum absolute atomic E-state index is 14.6. The summed E-state index contributed by atoms with van der Waals surface area (Å²) in [6.45, 7) is 1.76. The number of esters is 1. The van der Waals surface area contributed by atoms with E-state index in [-0.39, 0.29) is 16.9 Å². The van der Waals surface area contributed by atoms with E-state index in [1.54, 1.807) is 36.0 Å². The molecule has 0 aliphatic heterocycles. The predicted octanol–water partition coefficient (Wildman–Crippen LogP) is 2.35. The minimum Gasteiger partial charge on any atom is -0.464 e. The van der Waals surface area contributed by atoms with Crippen molar-refractivity contribution in [1.82, 2.24) is 14.1 Å². The van der Waals surface area contributed by atoms with Crippen molar-refractivity contribution in [2.24, 2.45) is 0 Å². The van der Waals surface area contributed by atoms with Crippen LogP contribution in [-0.2, 0) is 4.74 Å². The van der Waals surface area contributed by atoms with E-state index < -0.39 is 11.8 Å². The topological polar surface area (TPSA) is 98.9 Å². The number of hydrogen-bond donors (Lipinski definition) is 1. The van der Waals surface area contributed by atoms with E-state index in [4.69, 9.17) is 15.7 Å². The Balaban J connectivity index is 2.15. The number of aryl methyl sites for hydroxylation is 1. The third-order valence-corrected chi connectivity index (χ3v) is 3.84. The highest BCUT2D eigenvalue weighted by molar-refractivity contribution is 5.95. The van der Waals surface area contributed by atoms with Gasteiger partial charge in [-0.25, -0.2) is 14.2 Å². The van der Waals surface area contributed by atoms with Crippen LogP contribution in [-0.4, -0.2) is 27.2 Å². The van der Waals surface area contributed by atoms with Gasteiger partial charge in [-0.05, 0) is 19.1 Å². The number of benzene rings is 1. The summed E-state index contributed by atoms with van der Waals surface area (Å²) in [6, 6.07) is 6.33. The number of carbonyl (C=O) groups excluding carboxylic acids is 1. The highest BCUT2D eigenvalue weighted by Crippen LogP contribution is 2.26. The molecule has 2 heterocycles. The first-order valence-corrected chi connectivity index (χ1v) is 7.27. The van der Waals surface area contributed by atoms with Crippen molar-refractivity contribution < 1.29 is 13.9 Å². The standard InChI is InChI=1S/C17H14FN5O2/c1-10-21-5-6-22(10)14-4-3-12(7-13(14)18)23-9-11(8-19)15(20)16(23)17(24)25-2/h3-7,9H,20H2,1-2H3. The van der Waals surface area contributed by atoms with Crippen molar-refractivity contribution in [1.29, 1.82) is 5.26 Å². The van der Waals surface area contributed by atoms with Crippen LogP contribution >= 0.6 is 0 Å². The Morgan fingerprint density at radius 1 is 1.40 bits per heavy atom. The zero-order valence-corrected chi connectivity index (χ0v) is 13.5. The van der Waals surface area contributed by atoms with Crippen molar-refractivity contribution in [3.8, 4) is 17.4 Å². The Labute approximate surface area is 142 Å². The van der Waals surface area contributed by atoms with E-state index in [0.29, 0.717) is 17.2 Å². The second-order valence-corrected chi connectivity index (χ2v) is 5.26. The number of ether oxygens (including phenoxy) is 1. The number of nitrogens with zero attached hydrogens (tertiary/aromatic N) is 4. The third-order valence-electron chi connectivity index (χ3n) is 3.84. The number of nitrogens with two attached hydrogens (primary N) is 1.